The maximum absolute atomic E-state index is 15.7. The van der Waals surface area contributed by atoms with E-state index in [1.165, 1.54) is 5.56 Å². The summed E-state index contributed by atoms with van der Waals surface area (Å²) in [4.78, 5) is 0. The molecule has 0 atom stereocenters. The number of aryl methyl sites for hydroxylation is 2. The third-order valence-electron chi connectivity index (χ3n) is 7.43. The summed E-state index contributed by atoms with van der Waals surface area (Å²) in [6, 6.07) is 30.6. The molecule has 2 heterocycles. The summed E-state index contributed by atoms with van der Waals surface area (Å²) in [5.41, 5.74) is 9.96. The van der Waals surface area contributed by atoms with Crippen molar-refractivity contribution in [3.05, 3.63) is 114 Å². The van der Waals surface area contributed by atoms with Gasteiger partial charge in [-0.05, 0) is 64.3 Å². The summed E-state index contributed by atoms with van der Waals surface area (Å²) in [6.07, 6.45) is 3.08. The first-order chi connectivity index (χ1) is 18.7. The van der Waals surface area contributed by atoms with Gasteiger partial charge in [0.1, 0.15) is 24.0 Å². The van der Waals surface area contributed by atoms with Gasteiger partial charge in [-0.15, -0.1) is 0 Å². The first-order valence-electron chi connectivity index (χ1n) is 13.5. The molecule has 2 aromatic heterocycles. The van der Waals surface area contributed by atoms with Gasteiger partial charge in [-0.25, -0.2) is 8.96 Å². The molecule has 0 aliphatic heterocycles. The van der Waals surface area contributed by atoms with Crippen LogP contribution in [0.2, 0.25) is 0 Å². The number of hydrogen-bond acceptors (Lipinski definition) is 1. The number of rotatable bonds is 4. The summed E-state index contributed by atoms with van der Waals surface area (Å²) < 4.78 is 24.4. The zero-order valence-electron chi connectivity index (χ0n) is 23.2. The van der Waals surface area contributed by atoms with Crippen LogP contribution < -0.4 is 4.57 Å². The highest BCUT2D eigenvalue weighted by atomic mass is 19.1. The maximum atomic E-state index is 15.7. The van der Waals surface area contributed by atoms with Crippen molar-refractivity contribution < 1.29 is 13.4 Å². The fourth-order valence-corrected chi connectivity index (χ4v) is 5.57. The van der Waals surface area contributed by atoms with Crippen molar-refractivity contribution >= 4 is 21.9 Å². The predicted octanol–water partition coefficient (Wildman–Crippen LogP) is 9.45. The molecule has 0 aliphatic carbocycles. The van der Waals surface area contributed by atoms with Gasteiger partial charge in [-0.2, -0.15) is 0 Å². The Labute approximate surface area is 229 Å². The summed E-state index contributed by atoms with van der Waals surface area (Å²) in [6.45, 7) is 8.84. The van der Waals surface area contributed by atoms with E-state index < -0.39 is 0 Å². The van der Waals surface area contributed by atoms with Crippen LogP contribution in [-0.2, 0) is 13.5 Å². The Bertz CT molecular complexity index is 1820. The Morgan fingerprint density at radius 3 is 2.13 bits per heavy atom. The highest BCUT2D eigenvalue weighted by molar-refractivity contribution is 6.10. The van der Waals surface area contributed by atoms with E-state index in [-0.39, 0.29) is 11.2 Å². The molecule has 194 valence electrons. The molecule has 0 fully saturated rings. The van der Waals surface area contributed by atoms with E-state index in [1.54, 1.807) is 6.07 Å². The van der Waals surface area contributed by atoms with Gasteiger partial charge in [-0.1, -0.05) is 87.5 Å². The third-order valence-corrected chi connectivity index (χ3v) is 7.43. The second-order valence-corrected chi connectivity index (χ2v) is 11.8. The summed E-state index contributed by atoms with van der Waals surface area (Å²) >= 11 is 0. The number of nitrogens with zero attached hydrogens (tertiary/aromatic N) is 1. The van der Waals surface area contributed by atoms with Gasteiger partial charge >= 0.3 is 0 Å². The highest BCUT2D eigenvalue weighted by Crippen LogP contribution is 2.40. The van der Waals surface area contributed by atoms with Crippen LogP contribution >= 0.6 is 0 Å². The molecule has 2 nitrogen and oxygen atoms in total. The Kier molecular flexibility index (Phi) is 6.10. The molecule has 0 radical (unpaired) electrons. The number of fused-ring (bicyclic) bond motifs is 3. The Morgan fingerprint density at radius 1 is 0.769 bits per heavy atom. The molecule has 0 saturated heterocycles. The summed E-state index contributed by atoms with van der Waals surface area (Å²) in [5, 5.41) is 1.33. The van der Waals surface area contributed by atoms with E-state index in [1.807, 2.05) is 42.5 Å². The first-order valence-corrected chi connectivity index (χ1v) is 13.5. The molecule has 0 aliphatic rings. The number of halogens is 1. The monoisotopic (exact) mass is 514 g/mol. The van der Waals surface area contributed by atoms with Crippen LogP contribution in [0.1, 0.15) is 31.9 Å². The number of pyridine rings is 1. The number of hydrogen-bond donors (Lipinski definition) is 0. The lowest BCUT2D eigenvalue weighted by Crippen LogP contribution is -2.31. The Morgan fingerprint density at radius 2 is 1.44 bits per heavy atom. The molecule has 0 bridgehead atoms. The van der Waals surface area contributed by atoms with E-state index in [2.05, 4.69) is 88.0 Å². The van der Waals surface area contributed by atoms with Gasteiger partial charge < -0.3 is 4.42 Å². The average Bonchev–Trinajstić information content (AvgIpc) is 3.29. The molecule has 3 heteroatoms. The second kappa shape index (κ2) is 9.50. The zero-order chi connectivity index (χ0) is 27.3. The van der Waals surface area contributed by atoms with Gasteiger partial charge in [0.2, 0.25) is 5.69 Å². The first kappa shape index (κ1) is 25.1. The summed E-state index contributed by atoms with van der Waals surface area (Å²) in [7, 11) is 2.05. The molecule has 0 unspecified atom stereocenters. The number of benzene rings is 4. The minimum Gasteiger partial charge on any atom is -0.455 e. The van der Waals surface area contributed by atoms with E-state index in [4.69, 9.17) is 4.42 Å². The Balaban J connectivity index is 1.48. The normalized spacial score (nSPS) is 11.9. The van der Waals surface area contributed by atoms with E-state index in [0.29, 0.717) is 11.0 Å². The molecular weight excluding hydrogens is 481 g/mol. The highest BCUT2D eigenvalue weighted by Gasteiger charge is 2.24. The smallest absolute Gasteiger partial charge is 0.216 e. The van der Waals surface area contributed by atoms with Crippen LogP contribution in [0, 0.1) is 18.2 Å². The van der Waals surface area contributed by atoms with Crippen LogP contribution in [0.4, 0.5) is 4.39 Å². The van der Waals surface area contributed by atoms with Crippen molar-refractivity contribution in [2.75, 3.05) is 0 Å². The molecule has 0 spiro atoms. The molecule has 4 aromatic carbocycles. The van der Waals surface area contributed by atoms with Crippen LogP contribution in [0.15, 0.2) is 102 Å². The maximum Gasteiger partial charge on any atom is 0.216 e. The lowest BCUT2D eigenvalue weighted by molar-refractivity contribution is -0.660. The molecular formula is C36H33FNO+. The zero-order valence-corrected chi connectivity index (χ0v) is 23.2. The van der Waals surface area contributed by atoms with Crippen LogP contribution in [-0.4, -0.2) is 0 Å². The van der Waals surface area contributed by atoms with E-state index >= 15 is 4.39 Å². The molecule has 39 heavy (non-hydrogen) atoms. The quantitative estimate of drug-likeness (QED) is 0.214. The van der Waals surface area contributed by atoms with Crippen LogP contribution in [0.25, 0.3) is 55.4 Å². The molecule has 6 rings (SSSR count). The lowest BCUT2D eigenvalue weighted by Gasteiger charge is -2.18. The standard InChI is InChI=1S/C36H33FNO/c1-23-11-16-29-34-30(37)20-28(27-14-12-26(13-15-27)25-9-7-6-8-10-25)21-32(34)39-35(29)33(23)31-19-24(17-18-38(31)5)22-36(2,3)4/h6-21H,22H2,1-5H3/q+1. The minimum absolute atomic E-state index is 0.177. The largest absolute Gasteiger partial charge is 0.455 e. The van der Waals surface area contributed by atoms with Crippen molar-refractivity contribution in [1.29, 1.82) is 0 Å². The van der Waals surface area contributed by atoms with Gasteiger partial charge in [0.05, 0.1) is 10.9 Å². The van der Waals surface area contributed by atoms with Crippen LogP contribution in [0.5, 0.6) is 0 Å². The second-order valence-electron chi connectivity index (χ2n) is 11.8. The van der Waals surface area contributed by atoms with Gasteiger partial charge in [0.15, 0.2) is 6.20 Å². The van der Waals surface area contributed by atoms with Crippen molar-refractivity contribution in [3.8, 4) is 33.5 Å². The van der Waals surface area contributed by atoms with Gasteiger partial charge in [-0.3, -0.25) is 0 Å². The SMILES string of the molecule is Cc1ccc2c(oc3cc(-c4ccc(-c5ccccc5)cc4)cc(F)c32)c1-c1cc(CC(C)(C)C)cc[n+]1C. The molecule has 6 aromatic rings. The number of furan rings is 1. The van der Waals surface area contributed by atoms with Crippen molar-refractivity contribution in [3.63, 3.8) is 0 Å². The fourth-order valence-electron chi connectivity index (χ4n) is 5.57. The predicted molar refractivity (Wildman–Crippen MR) is 159 cm³/mol. The molecule has 0 amide bonds. The minimum atomic E-state index is -0.269. The van der Waals surface area contributed by atoms with Crippen LogP contribution in [0.3, 0.4) is 0 Å². The van der Waals surface area contributed by atoms with Gasteiger partial charge in [0, 0.05) is 17.5 Å². The molecule has 0 saturated carbocycles. The lowest BCUT2D eigenvalue weighted by atomic mass is 9.88. The molecule has 0 N–H and O–H groups in total. The van der Waals surface area contributed by atoms with Crippen molar-refractivity contribution in [1.82, 2.24) is 0 Å². The number of aromatic nitrogens is 1. The van der Waals surface area contributed by atoms with Crippen molar-refractivity contribution in [2.24, 2.45) is 12.5 Å². The van der Waals surface area contributed by atoms with E-state index in [0.717, 1.165) is 56.5 Å². The van der Waals surface area contributed by atoms with Gasteiger partial charge in [0.25, 0.3) is 0 Å². The fraction of sp³-hybridized carbons (Fsp3) is 0.194. The topological polar surface area (TPSA) is 17.0 Å². The summed E-state index contributed by atoms with van der Waals surface area (Å²) in [5.74, 6) is -0.269. The van der Waals surface area contributed by atoms with E-state index in [9.17, 15) is 0 Å². The third kappa shape index (κ3) is 4.74. The average molecular weight is 515 g/mol. The van der Waals surface area contributed by atoms with Crippen molar-refractivity contribution in [2.45, 2.75) is 34.1 Å². The Hall–Kier alpha value is -4.24.